The van der Waals surface area contributed by atoms with Gasteiger partial charge in [0.2, 0.25) is 11.8 Å². The maximum absolute atomic E-state index is 12.5. The molecule has 3 aliphatic rings. The lowest BCUT2D eigenvalue weighted by atomic mass is 9.97. The third-order valence-electron chi connectivity index (χ3n) is 6.47. The van der Waals surface area contributed by atoms with Crippen LogP contribution in [0.15, 0.2) is 54.6 Å². The zero-order chi connectivity index (χ0) is 26.1. The van der Waals surface area contributed by atoms with Gasteiger partial charge in [-0.1, -0.05) is 35.4 Å². The van der Waals surface area contributed by atoms with E-state index in [0.29, 0.717) is 10.8 Å². The maximum Gasteiger partial charge on any atom is 0.533 e. The minimum atomic E-state index is -1.16. The summed E-state index contributed by atoms with van der Waals surface area (Å²) in [5.41, 5.74) is 4.11. The first-order valence-corrected chi connectivity index (χ1v) is 11.7. The Balaban J connectivity index is 1.26. The number of fused-ring (bicyclic) bond motifs is 3. The van der Waals surface area contributed by atoms with Gasteiger partial charge in [-0.3, -0.25) is 24.0 Å². The Bertz CT molecular complexity index is 1320. The van der Waals surface area contributed by atoms with E-state index in [1.807, 2.05) is 30.3 Å². The number of imide groups is 1. The third-order valence-corrected chi connectivity index (χ3v) is 6.47. The second-order valence-corrected chi connectivity index (χ2v) is 8.78. The molecule has 0 aromatic heterocycles. The molecule has 2 aromatic carbocycles. The third kappa shape index (κ3) is 4.81. The van der Waals surface area contributed by atoms with Crippen LogP contribution < -0.4 is 5.32 Å². The molecule has 1 saturated heterocycles. The van der Waals surface area contributed by atoms with E-state index in [0.717, 1.165) is 22.3 Å². The molecule has 11 heteroatoms. The molecule has 11 nitrogen and oxygen atoms in total. The number of nitrogens with one attached hydrogen (secondary N) is 1. The van der Waals surface area contributed by atoms with Gasteiger partial charge in [-0.25, -0.2) is 4.79 Å². The molecule has 2 N–H and O–H groups in total. The van der Waals surface area contributed by atoms with E-state index in [-0.39, 0.29) is 50.1 Å². The predicted molar refractivity (Wildman–Crippen MR) is 127 cm³/mol. The van der Waals surface area contributed by atoms with Gasteiger partial charge in [0, 0.05) is 43.5 Å². The standard InChI is InChI=1S/C26H23N3O8/c30-21(11-12-28-22(31)7-8-23(28)32)27-15-5-6-18-16-3-1-2-4-17(16)20(19(18)13-15)14-36-26(35)37-29-24(33)9-10-25(29)34/h1-8,13,20,22,31H,9-12,14H2,(H,27,30). The van der Waals surface area contributed by atoms with Crippen LogP contribution in [0.3, 0.4) is 0 Å². The molecule has 5 rings (SSSR count). The number of carbonyl (C=O) groups is 5. The number of rotatable bonds is 7. The minimum absolute atomic E-state index is 0.00584. The zero-order valence-electron chi connectivity index (χ0n) is 19.6. The number of hydroxylamine groups is 2. The van der Waals surface area contributed by atoms with Gasteiger partial charge in [0.15, 0.2) is 0 Å². The highest BCUT2D eigenvalue weighted by molar-refractivity contribution is 6.01. The molecule has 1 fully saturated rings. The molecule has 2 unspecified atom stereocenters. The van der Waals surface area contributed by atoms with E-state index in [9.17, 15) is 29.1 Å². The SMILES string of the molecule is O=C(CCN1C(=O)C=CC1O)Nc1ccc2c(c1)C(COC(=O)ON1C(=O)CCC1=O)c1ccccc1-2. The Kier molecular flexibility index (Phi) is 6.45. The highest BCUT2D eigenvalue weighted by atomic mass is 16.8. The summed E-state index contributed by atoms with van der Waals surface area (Å²) in [7, 11) is 0. The predicted octanol–water partition coefficient (Wildman–Crippen LogP) is 2.06. The second kappa shape index (κ2) is 9.86. The molecule has 37 heavy (non-hydrogen) atoms. The van der Waals surface area contributed by atoms with Gasteiger partial charge in [0.25, 0.3) is 11.8 Å². The second-order valence-electron chi connectivity index (χ2n) is 8.78. The van der Waals surface area contributed by atoms with Gasteiger partial charge in [0.05, 0.1) is 0 Å². The summed E-state index contributed by atoms with van der Waals surface area (Å²) in [5, 5.41) is 13.0. The van der Waals surface area contributed by atoms with Crippen molar-refractivity contribution in [1.82, 2.24) is 9.96 Å². The average molecular weight is 505 g/mol. The fourth-order valence-electron chi connectivity index (χ4n) is 4.66. The summed E-state index contributed by atoms with van der Waals surface area (Å²) in [6.07, 6.45) is 0.386. The Hall–Kier alpha value is -4.51. The Morgan fingerprint density at radius 1 is 1.00 bits per heavy atom. The Morgan fingerprint density at radius 2 is 1.73 bits per heavy atom. The number of hydrogen-bond donors (Lipinski definition) is 2. The van der Waals surface area contributed by atoms with E-state index < -0.39 is 24.2 Å². The Labute approximate surface area is 211 Å². The molecule has 4 amide bonds. The molecular weight excluding hydrogens is 482 g/mol. The smallest absolute Gasteiger partial charge is 0.432 e. The summed E-state index contributed by atoms with van der Waals surface area (Å²) >= 11 is 0. The van der Waals surface area contributed by atoms with Crippen molar-refractivity contribution in [2.75, 3.05) is 18.5 Å². The number of hydrogen-bond acceptors (Lipinski definition) is 8. The zero-order valence-corrected chi connectivity index (χ0v) is 19.6. The number of carbonyl (C=O) groups excluding carboxylic acids is 5. The van der Waals surface area contributed by atoms with Crippen LogP contribution in [-0.4, -0.2) is 64.2 Å². The molecule has 0 bridgehead atoms. The fourth-order valence-corrected chi connectivity index (χ4v) is 4.66. The maximum atomic E-state index is 12.5. The molecule has 2 aromatic rings. The molecule has 2 aliphatic heterocycles. The molecule has 2 atom stereocenters. The van der Waals surface area contributed by atoms with Crippen LogP contribution in [0.5, 0.6) is 0 Å². The average Bonchev–Trinajstić information content (AvgIpc) is 3.49. The van der Waals surface area contributed by atoms with E-state index in [1.54, 1.807) is 12.1 Å². The summed E-state index contributed by atoms with van der Waals surface area (Å²) < 4.78 is 5.27. The van der Waals surface area contributed by atoms with Crippen LogP contribution >= 0.6 is 0 Å². The van der Waals surface area contributed by atoms with Crippen molar-refractivity contribution in [3.05, 3.63) is 65.7 Å². The van der Waals surface area contributed by atoms with E-state index >= 15 is 0 Å². The van der Waals surface area contributed by atoms with Crippen LogP contribution in [0.25, 0.3) is 11.1 Å². The number of benzene rings is 2. The summed E-state index contributed by atoms with van der Waals surface area (Å²) in [5.74, 6) is -2.25. The lowest BCUT2D eigenvalue weighted by molar-refractivity contribution is -0.177. The van der Waals surface area contributed by atoms with Crippen molar-refractivity contribution >= 4 is 35.5 Å². The number of aliphatic hydroxyl groups excluding tert-OH is 1. The van der Waals surface area contributed by atoms with Gasteiger partial charge >= 0.3 is 6.16 Å². The van der Waals surface area contributed by atoms with Crippen LogP contribution in [-0.2, 0) is 28.8 Å². The number of aliphatic hydroxyl groups is 1. The summed E-state index contributed by atoms with van der Waals surface area (Å²) in [4.78, 5) is 65.8. The van der Waals surface area contributed by atoms with Crippen molar-refractivity contribution in [3.63, 3.8) is 0 Å². The first-order valence-electron chi connectivity index (χ1n) is 11.7. The van der Waals surface area contributed by atoms with Gasteiger partial charge in [-0.05, 0) is 40.5 Å². The lowest BCUT2D eigenvalue weighted by Crippen LogP contribution is -2.36. The lowest BCUT2D eigenvalue weighted by Gasteiger charge is -2.20. The van der Waals surface area contributed by atoms with Gasteiger partial charge < -0.3 is 20.1 Å². The van der Waals surface area contributed by atoms with Crippen LogP contribution in [0.2, 0.25) is 0 Å². The number of amides is 4. The van der Waals surface area contributed by atoms with Crippen molar-refractivity contribution in [2.24, 2.45) is 0 Å². The first kappa shape index (κ1) is 24.2. The highest BCUT2D eigenvalue weighted by Gasteiger charge is 2.35. The number of nitrogens with zero attached hydrogens (tertiary/aromatic N) is 2. The molecule has 0 saturated carbocycles. The van der Waals surface area contributed by atoms with Crippen LogP contribution in [0.1, 0.15) is 36.3 Å². The van der Waals surface area contributed by atoms with Crippen molar-refractivity contribution in [1.29, 1.82) is 0 Å². The normalized spacial score (nSPS) is 19.8. The van der Waals surface area contributed by atoms with Gasteiger partial charge in [-0.2, -0.15) is 0 Å². The largest absolute Gasteiger partial charge is 0.533 e. The van der Waals surface area contributed by atoms with Crippen molar-refractivity contribution < 1.29 is 38.7 Å². The van der Waals surface area contributed by atoms with Crippen LogP contribution in [0, 0.1) is 0 Å². The van der Waals surface area contributed by atoms with Gasteiger partial charge in [-0.15, -0.1) is 0 Å². The molecule has 1 aliphatic carbocycles. The highest BCUT2D eigenvalue weighted by Crippen LogP contribution is 2.45. The Morgan fingerprint density at radius 3 is 2.46 bits per heavy atom. The van der Waals surface area contributed by atoms with E-state index in [1.165, 1.54) is 17.1 Å². The molecule has 0 radical (unpaired) electrons. The van der Waals surface area contributed by atoms with Gasteiger partial charge in [0.1, 0.15) is 12.8 Å². The quantitative estimate of drug-likeness (QED) is 0.430. The molecule has 2 heterocycles. The fraction of sp³-hybridized carbons (Fsp3) is 0.269. The van der Waals surface area contributed by atoms with Crippen LogP contribution in [0.4, 0.5) is 10.5 Å². The molecular formula is C26H23N3O8. The molecule has 0 spiro atoms. The minimum Gasteiger partial charge on any atom is -0.432 e. The number of anilines is 1. The topological polar surface area (TPSA) is 143 Å². The van der Waals surface area contributed by atoms with Crippen molar-refractivity contribution in [2.45, 2.75) is 31.4 Å². The molecule has 190 valence electrons. The summed E-state index contributed by atoms with van der Waals surface area (Å²) in [6, 6.07) is 13.0. The number of ether oxygens (including phenoxy) is 1. The first-order chi connectivity index (χ1) is 17.8. The van der Waals surface area contributed by atoms with E-state index in [2.05, 4.69) is 5.32 Å². The van der Waals surface area contributed by atoms with E-state index in [4.69, 9.17) is 9.57 Å². The monoisotopic (exact) mass is 505 g/mol. The summed E-state index contributed by atoms with van der Waals surface area (Å²) in [6.45, 7) is -0.0474. The van der Waals surface area contributed by atoms with Crippen molar-refractivity contribution in [3.8, 4) is 11.1 Å².